The van der Waals surface area contributed by atoms with Gasteiger partial charge in [0.25, 0.3) is 5.91 Å². The second-order valence-electron chi connectivity index (χ2n) is 6.48. The van der Waals surface area contributed by atoms with Crippen molar-refractivity contribution in [2.24, 2.45) is 5.92 Å². The van der Waals surface area contributed by atoms with E-state index in [4.69, 9.17) is 0 Å². The molecule has 1 aliphatic carbocycles. The summed E-state index contributed by atoms with van der Waals surface area (Å²) in [5.74, 6) is 0.491. The van der Waals surface area contributed by atoms with E-state index >= 15 is 0 Å². The van der Waals surface area contributed by atoms with Crippen molar-refractivity contribution in [2.45, 2.75) is 39.3 Å². The third-order valence-corrected chi connectivity index (χ3v) is 4.71. The second kappa shape index (κ2) is 6.19. The molecule has 3 aromatic heterocycles. The lowest BCUT2D eigenvalue weighted by Crippen LogP contribution is -2.12. The van der Waals surface area contributed by atoms with Crippen LogP contribution < -0.4 is 5.32 Å². The third kappa shape index (κ3) is 3.07. The van der Waals surface area contributed by atoms with Gasteiger partial charge in [-0.15, -0.1) is 0 Å². The van der Waals surface area contributed by atoms with Crippen molar-refractivity contribution in [3.63, 3.8) is 0 Å². The van der Waals surface area contributed by atoms with Crippen LogP contribution in [0.1, 0.15) is 43.1 Å². The number of H-pyrrole nitrogens is 1. The molecule has 3 aromatic rings. The molecule has 1 aliphatic rings. The van der Waals surface area contributed by atoms with Gasteiger partial charge in [0.15, 0.2) is 0 Å². The summed E-state index contributed by atoms with van der Waals surface area (Å²) in [6, 6.07) is 0.370. The van der Waals surface area contributed by atoms with E-state index in [1.807, 2.05) is 24.0 Å². The van der Waals surface area contributed by atoms with Crippen molar-refractivity contribution < 1.29 is 4.79 Å². The Morgan fingerprint density at radius 3 is 2.88 bits per heavy atom. The Balaban J connectivity index is 1.51. The second-order valence-corrected chi connectivity index (χ2v) is 6.48. The number of aryl methyl sites for hydroxylation is 1. The summed E-state index contributed by atoms with van der Waals surface area (Å²) in [6.07, 6.45) is 11.2. The van der Waals surface area contributed by atoms with E-state index in [9.17, 15) is 4.79 Å². The molecule has 3 heterocycles. The van der Waals surface area contributed by atoms with Crippen molar-refractivity contribution in [1.29, 1.82) is 0 Å². The number of aromatic amines is 1. The van der Waals surface area contributed by atoms with E-state index in [1.54, 1.807) is 17.1 Å². The van der Waals surface area contributed by atoms with Crippen LogP contribution in [0.4, 0.5) is 5.69 Å². The van der Waals surface area contributed by atoms with Crippen LogP contribution in [-0.4, -0.2) is 35.7 Å². The zero-order valence-corrected chi connectivity index (χ0v) is 14.3. The first-order valence-electron chi connectivity index (χ1n) is 8.57. The minimum atomic E-state index is -0.216. The van der Waals surface area contributed by atoms with Crippen molar-refractivity contribution in [3.8, 4) is 11.3 Å². The molecular weight excluding hydrogens is 318 g/mol. The average molecular weight is 339 g/mol. The Morgan fingerprint density at radius 2 is 2.16 bits per heavy atom. The fraction of sp³-hybridized carbons (Fsp3) is 0.412. The molecule has 0 radical (unpaired) electrons. The zero-order chi connectivity index (χ0) is 17.4. The van der Waals surface area contributed by atoms with Gasteiger partial charge in [0.2, 0.25) is 0 Å². The van der Waals surface area contributed by atoms with Gasteiger partial charge in [-0.05, 0) is 32.6 Å². The highest BCUT2D eigenvalue weighted by atomic mass is 16.1. The van der Waals surface area contributed by atoms with Crippen LogP contribution in [0.25, 0.3) is 11.3 Å². The van der Waals surface area contributed by atoms with Gasteiger partial charge in [-0.25, -0.2) is 0 Å². The molecule has 0 saturated heterocycles. The Labute approximate surface area is 145 Å². The Hall–Kier alpha value is -2.90. The molecule has 0 spiro atoms. The van der Waals surface area contributed by atoms with Gasteiger partial charge in [-0.1, -0.05) is 0 Å². The highest BCUT2D eigenvalue weighted by Gasteiger charge is 2.29. The zero-order valence-electron chi connectivity index (χ0n) is 14.3. The number of nitrogens with one attached hydrogen (secondary N) is 2. The molecule has 130 valence electrons. The van der Waals surface area contributed by atoms with Crippen LogP contribution >= 0.6 is 0 Å². The summed E-state index contributed by atoms with van der Waals surface area (Å²) < 4.78 is 3.73. The molecule has 8 nitrogen and oxygen atoms in total. The van der Waals surface area contributed by atoms with E-state index in [0.29, 0.717) is 28.9 Å². The Morgan fingerprint density at radius 1 is 1.32 bits per heavy atom. The number of amides is 1. The number of hydrogen-bond acceptors (Lipinski definition) is 4. The molecular formula is C17H21N7O. The molecule has 4 rings (SSSR count). The summed E-state index contributed by atoms with van der Waals surface area (Å²) in [5.41, 5.74) is 2.67. The summed E-state index contributed by atoms with van der Waals surface area (Å²) in [6.45, 7) is 4.95. The van der Waals surface area contributed by atoms with E-state index < -0.39 is 0 Å². The summed E-state index contributed by atoms with van der Waals surface area (Å²) in [7, 11) is 0. The normalized spacial score (nSPS) is 15.3. The maximum Gasteiger partial charge on any atom is 0.259 e. The molecule has 0 aromatic carbocycles. The minimum absolute atomic E-state index is 0.216. The number of carbonyl (C=O) groups excluding carboxylic acids is 1. The molecule has 0 aliphatic heterocycles. The maximum atomic E-state index is 12.6. The molecule has 1 amide bonds. The van der Waals surface area contributed by atoms with Crippen molar-refractivity contribution >= 4 is 11.6 Å². The van der Waals surface area contributed by atoms with Gasteiger partial charge in [0.1, 0.15) is 0 Å². The molecule has 8 heteroatoms. The largest absolute Gasteiger partial charge is 0.319 e. The topological polar surface area (TPSA) is 93.4 Å². The smallest absolute Gasteiger partial charge is 0.259 e. The number of rotatable bonds is 6. The lowest BCUT2D eigenvalue weighted by atomic mass is 10.1. The lowest BCUT2D eigenvalue weighted by molar-refractivity contribution is 0.102. The standard InChI is InChI=1S/C17H21N7O/c1-3-23-9-13(6-19-23)16-15(8-18-22-16)17(25)21-14-7-20-24(10-14)11(2)12-4-5-12/h6-12H,3-5H2,1-2H3,(H,18,22)(H,21,25). The van der Waals surface area contributed by atoms with Gasteiger partial charge < -0.3 is 5.32 Å². The number of nitrogens with zero attached hydrogens (tertiary/aromatic N) is 5. The van der Waals surface area contributed by atoms with Crippen LogP contribution in [-0.2, 0) is 6.54 Å². The van der Waals surface area contributed by atoms with Crippen molar-refractivity contribution in [2.75, 3.05) is 5.32 Å². The summed E-state index contributed by atoms with van der Waals surface area (Å²) in [5, 5.41) is 18.4. The van der Waals surface area contributed by atoms with E-state index in [1.165, 1.54) is 19.0 Å². The third-order valence-electron chi connectivity index (χ3n) is 4.71. The highest BCUT2D eigenvalue weighted by Crippen LogP contribution is 2.39. The van der Waals surface area contributed by atoms with Crippen LogP contribution in [0.3, 0.4) is 0 Å². The summed E-state index contributed by atoms with van der Waals surface area (Å²) >= 11 is 0. The molecule has 25 heavy (non-hydrogen) atoms. The van der Waals surface area contributed by atoms with Crippen molar-refractivity contribution in [1.82, 2.24) is 29.8 Å². The first-order chi connectivity index (χ1) is 12.2. The maximum absolute atomic E-state index is 12.6. The van der Waals surface area contributed by atoms with Gasteiger partial charge in [0, 0.05) is 24.5 Å². The SMILES string of the molecule is CCn1cc(-c2[nH]ncc2C(=O)Nc2cnn(C(C)C3CC3)c2)cn1. The Bertz CT molecular complexity index is 886. The average Bonchev–Trinajstić information content (AvgIpc) is 3.04. The van der Waals surface area contributed by atoms with E-state index in [2.05, 4.69) is 32.6 Å². The number of anilines is 1. The molecule has 1 unspecified atom stereocenters. The highest BCUT2D eigenvalue weighted by molar-refractivity contribution is 6.07. The molecule has 1 saturated carbocycles. The quantitative estimate of drug-likeness (QED) is 0.722. The molecule has 1 atom stereocenters. The fourth-order valence-electron chi connectivity index (χ4n) is 2.96. The predicted molar refractivity (Wildman–Crippen MR) is 93.1 cm³/mol. The first-order valence-corrected chi connectivity index (χ1v) is 8.57. The van der Waals surface area contributed by atoms with Crippen molar-refractivity contribution in [3.05, 3.63) is 36.5 Å². The fourth-order valence-corrected chi connectivity index (χ4v) is 2.96. The first kappa shape index (κ1) is 15.6. The van der Waals surface area contributed by atoms with Crippen LogP contribution in [0.2, 0.25) is 0 Å². The lowest BCUT2D eigenvalue weighted by Gasteiger charge is -2.09. The van der Waals surface area contributed by atoms with E-state index in [-0.39, 0.29) is 5.91 Å². The van der Waals surface area contributed by atoms with E-state index in [0.717, 1.165) is 12.1 Å². The molecule has 0 bridgehead atoms. The van der Waals surface area contributed by atoms with Crippen LogP contribution in [0, 0.1) is 5.92 Å². The van der Waals surface area contributed by atoms with Gasteiger partial charge in [-0.3, -0.25) is 19.3 Å². The van der Waals surface area contributed by atoms with Gasteiger partial charge >= 0.3 is 0 Å². The number of hydrogen-bond donors (Lipinski definition) is 2. The van der Waals surface area contributed by atoms with Crippen LogP contribution in [0.5, 0.6) is 0 Å². The monoisotopic (exact) mass is 339 g/mol. The predicted octanol–water partition coefficient (Wildman–Crippen LogP) is 2.71. The van der Waals surface area contributed by atoms with Crippen LogP contribution in [0.15, 0.2) is 31.0 Å². The molecule has 1 fully saturated rings. The summed E-state index contributed by atoms with van der Waals surface area (Å²) in [4.78, 5) is 12.6. The molecule has 2 N–H and O–H groups in total. The Kier molecular flexibility index (Phi) is 3.87. The number of aromatic nitrogens is 6. The minimum Gasteiger partial charge on any atom is -0.319 e. The number of carbonyl (C=O) groups is 1. The van der Waals surface area contributed by atoms with Gasteiger partial charge in [0.05, 0.1) is 41.6 Å². The van der Waals surface area contributed by atoms with Gasteiger partial charge in [-0.2, -0.15) is 15.3 Å².